The normalized spacial score (nSPS) is 26.3. The van der Waals surface area contributed by atoms with Crippen LogP contribution in [0.5, 0.6) is 0 Å². The van der Waals surface area contributed by atoms with Crippen molar-refractivity contribution in [1.29, 1.82) is 0 Å². The third-order valence-electron chi connectivity index (χ3n) is 3.35. The van der Waals surface area contributed by atoms with E-state index in [4.69, 9.17) is 0 Å². The van der Waals surface area contributed by atoms with Crippen molar-refractivity contribution in [3.05, 3.63) is 35.9 Å². The van der Waals surface area contributed by atoms with Gasteiger partial charge in [0.1, 0.15) is 0 Å². The highest BCUT2D eigenvalue weighted by molar-refractivity contribution is 5.18. The van der Waals surface area contributed by atoms with Gasteiger partial charge in [-0.05, 0) is 31.2 Å². The van der Waals surface area contributed by atoms with Gasteiger partial charge < -0.3 is 5.32 Å². The van der Waals surface area contributed by atoms with E-state index >= 15 is 0 Å². The summed E-state index contributed by atoms with van der Waals surface area (Å²) in [6, 6.07) is 12.0. The first kappa shape index (κ1) is 10.7. The molecule has 0 saturated heterocycles. The Labute approximate surface area is 92.9 Å². The Kier molecular flexibility index (Phi) is 3.42. The van der Waals surface area contributed by atoms with Gasteiger partial charge in [-0.15, -0.1) is 0 Å². The molecule has 0 aliphatic heterocycles. The molecule has 1 heteroatoms. The molecule has 0 heterocycles. The van der Waals surface area contributed by atoms with Crippen LogP contribution in [0.15, 0.2) is 30.3 Å². The van der Waals surface area contributed by atoms with Gasteiger partial charge in [0.2, 0.25) is 0 Å². The maximum atomic E-state index is 3.70. The van der Waals surface area contributed by atoms with E-state index < -0.39 is 0 Å². The van der Waals surface area contributed by atoms with E-state index in [1.54, 1.807) is 0 Å². The van der Waals surface area contributed by atoms with Gasteiger partial charge in [-0.25, -0.2) is 0 Å². The van der Waals surface area contributed by atoms with E-state index in [1.807, 2.05) is 0 Å². The number of rotatable bonds is 5. The number of hydrogen-bond donors (Lipinski definition) is 1. The predicted octanol–water partition coefficient (Wildman–Crippen LogP) is 3.53. The van der Waals surface area contributed by atoms with Crippen molar-refractivity contribution in [1.82, 2.24) is 5.32 Å². The zero-order valence-corrected chi connectivity index (χ0v) is 9.74. The van der Waals surface area contributed by atoms with Crippen LogP contribution in [-0.4, -0.2) is 6.04 Å². The Morgan fingerprint density at radius 2 is 2.07 bits per heavy atom. The Balaban J connectivity index is 1.81. The van der Waals surface area contributed by atoms with Crippen LogP contribution >= 0.6 is 0 Å². The molecule has 1 aromatic carbocycles. The van der Waals surface area contributed by atoms with Crippen LogP contribution in [0.1, 0.15) is 44.7 Å². The lowest BCUT2D eigenvalue weighted by Gasteiger charge is -2.13. The molecule has 1 aromatic rings. The lowest BCUT2D eigenvalue weighted by atomic mass is 10.1. The molecule has 1 aliphatic carbocycles. The predicted molar refractivity (Wildman–Crippen MR) is 64.8 cm³/mol. The summed E-state index contributed by atoms with van der Waals surface area (Å²) < 4.78 is 0. The Hall–Kier alpha value is -0.820. The summed E-state index contributed by atoms with van der Waals surface area (Å²) in [6.07, 6.45) is 4.09. The van der Waals surface area contributed by atoms with Crippen molar-refractivity contribution in [3.8, 4) is 0 Å². The molecule has 2 rings (SSSR count). The van der Waals surface area contributed by atoms with Gasteiger partial charge >= 0.3 is 0 Å². The summed E-state index contributed by atoms with van der Waals surface area (Å²) in [5.41, 5.74) is 1.40. The topological polar surface area (TPSA) is 12.0 Å². The summed E-state index contributed by atoms with van der Waals surface area (Å²) in [7, 11) is 0. The van der Waals surface area contributed by atoms with Gasteiger partial charge in [0.05, 0.1) is 0 Å². The van der Waals surface area contributed by atoms with Crippen LogP contribution < -0.4 is 5.32 Å². The fourth-order valence-electron chi connectivity index (χ4n) is 2.30. The molecule has 0 amide bonds. The largest absolute Gasteiger partial charge is 0.307 e. The third kappa shape index (κ3) is 2.82. The minimum absolute atomic E-state index is 0.498. The molecule has 1 aliphatic rings. The molecule has 1 fully saturated rings. The summed E-state index contributed by atoms with van der Waals surface area (Å²) in [5, 5.41) is 3.70. The van der Waals surface area contributed by atoms with Crippen LogP contribution in [0.4, 0.5) is 0 Å². The van der Waals surface area contributed by atoms with Crippen molar-refractivity contribution in [2.75, 3.05) is 0 Å². The molecular formula is C14H21N. The maximum Gasteiger partial charge on any atom is 0.0294 e. The van der Waals surface area contributed by atoms with Gasteiger partial charge in [0.25, 0.3) is 0 Å². The van der Waals surface area contributed by atoms with E-state index in [2.05, 4.69) is 49.5 Å². The summed E-state index contributed by atoms with van der Waals surface area (Å²) >= 11 is 0. The van der Waals surface area contributed by atoms with Crippen LogP contribution in [0, 0.1) is 5.92 Å². The molecule has 1 saturated carbocycles. The van der Waals surface area contributed by atoms with Crippen molar-refractivity contribution in [2.24, 2.45) is 5.92 Å². The Bertz CT molecular complexity index is 293. The van der Waals surface area contributed by atoms with Crippen LogP contribution in [0.25, 0.3) is 0 Å². The highest BCUT2D eigenvalue weighted by atomic mass is 15.0. The third-order valence-corrected chi connectivity index (χ3v) is 3.35. The minimum atomic E-state index is 0.498. The molecule has 0 bridgehead atoms. The number of nitrogens with one attached hydrogen (secondary N) is 1. The standard InChI is InChI=1S/C14H21N/c1-3-7-13-10-14(13)15-11(2)12-8-5-4-6-9-12/h4-6,8-9,11,13-15H,3,7,10H2,1-2H3. The van der Waals surface area contributed by atoms with Gasteiger partial charge in [-0.3, -0.25) is 0 Å². The molecular weight excluding hydrogens is 182 g/mol. The smallest absolute Gasteiger partial charge is 0.0294 e. The highest BCUT2D eigenvalue weighted by Gasteiger charge is 2.36. The van der Waals surface area contributed by atoms with Crippen LogP contribution in [-0.2, 0) is 0 Å². The second-order valence-electron chi connectivity index (χ2n) is 4.69. The second-order valence-corrected chi connectivity index (χ2v) is 4.69. The Morgan fingerprint density at radius 3 is 2.73 bits per heavy atom. The highest BCUT2D eigenvalue weighted by Crippen LogP contribution is 2.36. The molecule has 3 atom stereocenters. The van der Waals surface area contributed by atoms with E-state index in [0.29, 0.717) is 6.04 Å². The van der Waals surface area contributed by atoms with Gasteiger partial charge in [-0.2, -0.15) is 0 Å². The molecule has 3 unspecified atom stereocenters. The quantitative estimate of drug-likeness (QED) is 0.772. The lowest BCUT2D eigenvalue weighted by Crippen LogP contribution is -2.22. The summed E-state index contributed by atoms with van der Waals surface area (Å²) in [4.78, 5) is 0. The average molecular weight is 203 g/mol. The van der Waals surface area contributed by atoms with Crippen molar-refractivity contribution in [2.45, 2.75) is 45.2 Å². The van der Waals surface area contributed by atoms with E-state index in [9.17, 15) is 0 Å². The molecule has 1 nitrogen and oxygen atoms in total. The SMILES string of the molecule is CCCC1CC1NC(C)c1ccccc1. The minimum Gasteiger partial charge on any atom is -0.307 e. The van der Waals surface area contributed by atoms with Crippen molar-refractivity contribution in [3.63, 3.8) is 0 Å². The summed E-state index contributed by atoms with van der Waals surface area (Å²) in [6.45, 7) is 4.53. The molecule has 15 heavy (non-hydrogen) atoms. The fraction of sp³-hybridized carbons (Fsp3) is 0.571. The second kappa shape index (κ2) is 4.80. The van der Waals surface area contributed by atoms with Crippen molar-refractivity contribution >= 4 is 0 Å². The fourth-order valence-corrected chi connectivity index (χ4v) is 2.30. The summed E-state index contributed by atoms with van der Waals surface area (Å²) in [5.74, 6) is 0.946. The van der Waals surface area contributed by atoms with Crippen LogP contribution in [0.2, 0.25) is 0 Å². The number of hydrogen-bond acceptors (Lipinski definition) is 1. The molecule has 1 N–H and O–H groups in total. The van der Waals surface area contributed by atoms with E-state index in [-0.39, 0.29) is 0 Å². The molecule has 0 radical (unpaired) electrons. The first-order valence-corrected chi connectivity index (χ1v) is 6.12. The van der Waals surface area contributed by atoms with Crippen LogP contribution in [0.3, 0.4) is 0 Å². The number of benzene rings is 1. The first-order valence-electron chi connectivity index (χ1n) is 6.12. The molecule has 0 spiro atoms. The Morgan fingerprint density at radius 1 is 1.33 bits per heavy atom. The molecule has 82 valence electrons. The lowest BCUT2D eigenvalue weighted by molar-refractivity contribution is 0.530. The van der Waals surface area contributed by atoms with E-state index in [1.165, 1.54) is 24.8 Å². The van der Waals surface area contributed by atoms with E-state index in [0.717, 1.165) is 12.0 Å². The maximum absolute atomic E-state index is 3.70. The van der Waals surface area contributed by atoms with Gasteiger partial charge in [-0.1, -0.05) is 43.7 Å². The first-order chi connectivity index (χ1) is 7.31. The zero-order valence-electron chi connectivity index (χ0n) is 9.74. The van der Waals surface area contributed by atoms with Gasteiger partial charge in [0, 0.05) is 12.1 Å². The average Bonchev–Trinajstić information content (AvgIpc) is 2.98. The monoisotopic (exact) mass is 203 g/mol. The molecule has 0 aromatic heterocycles. The van der Waals surface area contributed by atoms with Crippen molar-refractivity contribution < 1.29 is 0 Å². The zero-order chi connectivity index (χ0) is 10.7. The van der Waals surface area contributed by atoms with Gasteiger partial charge in [0.15, 0.2) is 0 Å².